The summed E-state index contributed by atoms with van der Waals surface area (Å²) >= 11 is 0. The van der Waals surface area contributed by atoms with Crippen LogP contribution in [0.5, 0.6) is 0 Å². The second-order valence-corrected chi connectivity index (χ2v) is 6.50. The normalized spacial score (nSPS) is 21.7. The number of nitrogens with one attached hydrogen (secondary N) is 1. The molecule has 0 aliphatic heterocycles. The van der Waals surface area contributed by atoms with Crippen molar-refractivity contribution in [3.05, 3.63) is 0 Å². The summed E-state index contributed by atoms with van der Waals surface area (Å²) in [6.45, 7) is 6.22. The molecule has 0 aromatic heterocycles. The molecule has 112 valence electrons. The molecule has 0 heterocycles. The van der Waals surface area contributed by atoms with Crippen LogP contribution >= 0.6 is 0 Å². The molecule has 3 N–H and O–H groups in total. The van der Waals surface area contributed by atoms with Crippen LogP contribution in [0.4, 0.5) is 0 Å². The summed E-state index contributed by atoms with van der Waals surface area (Å²) in [5.41, 5.74) is 5.73. The summed E-state index contributed by atoms with van der Waals surface area (Å²) in [7, 11) is 0. The molecule has 0 bridgehead atoms. The molecule has 1 fully saturated rings. The molecule has 3 nitrogen and oxygen atoms in total. The van der Waals surface area contributed by atoms with Gasteiger partial charge in [0.15, 0.2) is 0 Å². The summed E-state index contributed by atoms with van der Waals surface area (Å²) in [6, 6.07) is 0.583. The third-order valence-corrected chi connectivity index (χ3v) is 4.47. The molecule has 1 saturated carbocycles. The first kappa shape index (κ1) is 16.5. The fourth-order valence-electron chi connectivity index (χ4n) is 3.00. The zero-order valence-corrected chi connectivity index (χ0v) is 13.0. The quantitative estimate of drug-likeness (QED) is 0.745. The molecular weight excluding hydrogens is 236 g/mol. The Balaban J connectivity index is 2.24. The SMILES string of the molecule is CC(N)CCCC(C)C(=O)NC(C)C1CCCCC1. The molecular formula is C16H32N2O. The van der Waals surface area contributed by atoms with Crippen molar-refractivity contribution >= 4 is 5.91 Å². The highest BCUT2D eigenvalue weighted by molar-refractivity contribution is 5.78. The highest BCUT2D eigenvalue weighted by Gasteiger charge is 2.23. The van der Waals surface area contributed by atoms with Crippen molar-refractivity contribution in [1.82, 2.24) is 5.32 Å². The Morgan fingerprint density at radius 2 is 1.79 bits per heavy atom. The zero-order valence-electron chi connectivity index (χ0n) is 13.0. The van der Waals surface area contributed by atoms with Gasteiger partial charge in [0.2, 0.25) is 5.91 Å². The summed E-state index contributed by atoms with van der Waals surface area (Å²) < 4.78 is 0. The first-order chi connectivity index (χ1) is 9.00. The maximum absolute atomic E-state index is 12.1. The lowest BCUT2D eigenvalue weighted by molar-refractivity contribution is -0.125. The maximum atomic E-state index is 12.1. The Kier molecular flexibility index (Phi) is 7.44. The molecule has 3 heteroatoms. The predicted molar refractivity (Wildman–Crippen MR) is 80.8 cm³/mol. The standard InChI is InChI=1S/C16H32N2O/c1-12(8-7-9-13(2)17)16(19)18-14(3)15-10-5-4-6-11-15/h12-15H,4-11,17H2,1-3H3,(H,18,19). The molecule has 1 amide bonds. The second kappa shape index (κ2) is 8.57. The molecule has 0 aromatic rings. The number of hydrogen-bond donors (Lipinski definition) is 2. The van der Waals surface area contributed by atoms with Crippen LogP contribution in [0.2, 0.25) is 0 Å². The molecule has 0 aromatic carbocycles. The molecule has 1 rings (SSSR count). The lowest BCUT2D eigenvalue weighted by Gasteiger charge is -2.29. The van der Waals surface area contributed by atoms with Crippen LogP contribution in [0, 0.1) is 11.8 Å². The zero-order chi connectivity index (χ0) is 14.3. The Hall–Kier alpha value is -0.570. The molecule has 3 unspecified atom stereocenters. The fraction of sp³-hybridized carbons (Fsp3) is 0.938. The van der Waals surface area contributed by atoms with Crippen molar-refractivity contribution in [2.24, 2.45) is 17.6 Å². The average molecular weight is 268 g/mol. The van der Waals surface area contributed by atoms with Gasteiger partial charge in [0.05, 0.1) is 0 Å². The third-order valence-electron chi connectivity index (χ3n) is 4.47. The van der Waals surface area contributed by atoms with Gasteiger partial charge in [0, 0.05) is 18.0 Å². The van der Waals surface area contributed by atoms with Gasteiger partial charge in [-0.2, -0.15) is 0 Å². The van der Waals surface area contributed by atoms with Gasteiger partial charge < -0.3 is 11.1 Å². The molecule has 0 radical (unpaired) electrons. The van der Waals surface area contributed by atoms with E-state index in [9.17, 15) is 4.79 Å². The van der Waals surface area contributed by atoms with Crippen molar-refractivity contribution in [2.45, 2.75) is 84.2 Å². The van der Waals surface area contributed by atoms with Crippen LogP contribution < -0.4 is 11.1 Å². The van der Waals surface area contributed by atoms with E-state index < -0.39 is 0 Å². The monoisotopic (exact) mass is 268 g/mol. The van der Waals surface area contributed by atoms with Crippen LogP contribution in [0.15, 0.2) is 0 Å². The minimum absolute atomic E-state index is 0.116. The Morgan fingerprint density at radius 3 is 2.37 bits per heavy atom. The molecule has 1 aliphatic carbocycles. The van der Waals surface area contributed by atoms with E-state index in [2.05, 4.69) is 12.2 Å². The number of nitrogens with two attached hydrogens (primary N) is 1. The van der Waals surface area contributed by atoms with E-state index in [0.717, 1.165) is 19.3 Å². The molecule has 1 aliphatic rings. The van der Waals surface area contributed by atoms with Gasteiger partial charge in [-0.1, -0.05) is 32.6 Å². The number of rotatable bonds is 7. The largest absolute Gasteiger partial charge is 0.353 e. The van der Waals surface area contributed by atoms with Crippen LogP contribution in [-0.2, 0) is 4.79 Å². The minimum Gasteiger partial charge on any atom is -0.353 e. The topological polar surface area (TPSA) is 55.1 Å². The summed E-state index contributed by atoms with van der Waals surface area (Å²) in [4.78, 5) is 12.1. The Morgan fingerprint density at radius 1 is 1.16 bits per heavy atom. The molecule has 3 atom stereocenters. The fourth-order valence-corrected chi connectivity index (χ4v) is 3.00. The van der Waals surface area contributed by atoms with E-state index in [1.807, 2.05) is 13.8 Å². The van der Waals surface area contributed by atoms with Crippen LogP contribution in [0.1, 0.15) is 72.1 Å². The van der Waals surface area contributed by atoms with Crippen molar-refractivity contribution in [3.8, 4) is 0 Å². The van der Waals surface area contributed by atoms with Crippen molar-refractivity contribution in [3.63, 3.8) is 0 Å². The number of carbonyl (C=O) groups excluding carboxylic acids is 1. The van der Waals surface area contributed by atoms with Gasteiger partial charge in [-0.15, -0.1) is 0 Å². The van der Waals surface area contributed by atoms with E-state index in [1.165, 1.54) is 32.1 Å². The second-order valence-electron chi connectivity index (χ2n) is 6.50. The van der Waals surface area contributed by atoms with Gasteiger partial charge in [-0.25, -0.2) is 0 Å². The third kappa shape index (κ3) is 6.42. The van der Waals surface area contributed by atoms with E-state index in [4.69, 9.17) is 5.73 Å². The molecule has 0 saturated heterocycles. The van der Waals surface area contributed by atoms with Crippen molar-refractivity contribution < 1.29 is 4.79 Å². The number of hydrogen-bond acceptors (Lipinski definition) is 2. The highest BCUT2D eigenvalue weighted by Crippen LogP contribution is 2.26. The first-order valence-corrected chi connectivity index (χ1v) is 8.06. The number of amides is 1. The van der Waals surface area contributed by atoms with E-state index in [1.54, 1.807) is 0 Å². The summed E-state index contributed by atoms with van der Waals surface area (Å²) in [6.07, 6.45) is 9.58. The summed E-state index contributed by atoms with van der Waals surface area (Å²) in [5.74, 6) is 1.03. The van der Waals surface area contributed by atoms with Crippen LogP contribution in [-0.4, -0.2) is 18.0 Å². The van der Waals surface area contributed by atoms with Gasteiger partial charge in [0.25, 0.3) is 0 Å². The number of carbonyl (C=O) groups is 1. The predicted octanol–water partition coefficient (Wildman–Crippen LogP) is 3.23. The van der Waals surface area contributed by atoms with Crippen molar-refractivity contribution in [1.29, 1.82) is 0 Å². The smallest absolute Gasteiger partial charge is 0.223 e. The van der Waals surface area contributed by atoms with Gasteiger partial charge in [-0.3, -0.25) is 4.79 Å². The maximum Gasteiger partial charge on any atom is 0.223 e. The van der Waals surface area contributed by atoms with Gasteiger partial charge in [-0.05, 0) is 45.4 Å². The first-order valence-electron chi connectivity index (χ1n) is 8.06. The Labute approximate surface area is 118 Å². The van der Waals surface area contributed by atoms with Crippen molar-refractivity contribution in [2.75, 3.05) is 0 Å². The summed E-state index contributed by atoms with van der Waals surface area (Å²) in [5, 5.41) is 3.22. The lowest BCUT2D eigenvalue weighted by atomic mass is 9.84. The molecule has 19 heavy (non-hydrogen) atoms. The highest BCUT2D eigenvalue weighted by atomic mass is 16.1. The minimum atomic E-state index is 0.116. The molecule has 0 spiro atoms. The van der Waals surface area contributed by atoms with Crippen LogP contribution in [0.3, 0.4) is 0 Å². The van der Waals surface area contributed by atoms with E-state index in [0.29, 0.717) is 12.0 Å². The Bertz CT molecular complexity index is 259. The van der Waals surface area contributed by atoms with Gasteiger partial charge >= 0.3 is 0 Å². The lowest BCUT2D eigenvalue weighted by Crippen LogP contribution is -2.41. The van der Waals surface area contributed by atoms with Crippen LogP contribution in [0.25, 0.3) is 0 Å². The van der Waals surface area contributed by atoms with E-state index >= 15 is 0 Å². The van der Waals surface area contributed by atoms with Gasteiger partial charge in [0.1, 0.15) is 0 Å². The average Bonchev–Trinajstić information content (AvgIpc) is 2.39. The van der Waals surface area contributed by atoms with E-state index in [-0.39, 0.29) is 17.9 Å².